The Morgan fingerprint density at radius 3 is 2.94 bits per heavy atom. The molecule has 0 atom stereocenters. The first-order valence-corrected chi connectivity index (χ1v) is 5.54. The lowest BCUT2D eigenvalue weighted by atomic mass is 10.1. The van der Waals surface area contributed by atoms with Crippen LogP contribution in [0.4, 0.5) is 16.2 Å². The van der Waals surface area contributed by atoms with Crippen molar-refractivity contribution in [3.63, 3.8) is 0 Å². The average Bonchev–Trinajstić information content (AvgIpc) is 2.59. The second-order valence-electron chi connectivity index (χ2n) is 4.39. The lowest BCUT2D eigenvalue weighted by Crippen LogP contribution is -2.42. The molecule has 4 heteroatoms. The summed E-state index contributed by atoms with van der Waals surface area (Å²) in [5.74, 6) is 0. The van der Waals surface area contributed by atoms with Crippen LogP contribution in [0.2, 0.25) is 0 Å². The smallest absolute Gasteiger partial charge is 0.322 e. The first kappa shape index (κ1) is 10.8. The highest BCUT2D eigenvalue weighted by Gasteiger charge is 2.24. The first-order valence-electron chi connectivity index (χ1n) is 5.54. The largest absolute Gasteiger partial charge is 0.399 e. The van der Waals surface area contributed by atoms with Gasteiger partial charge in [0, 0.05) is 18.3 Å². The molecule has 0 aliphatic carbocycles. The fourth-order valence-corrected chi connectivity index (χ4v) is 1.93. The fraction of sp³-hybridized carbons (Fsp3) is 0.417. The Morgan fingerprint density at radius 1 is 1.50 bits per heavy atom. The minimum Gasteiger partial charge on any atom is -0.399 e. The number of carbonyl (C=O) groups excluding carboxylic acids is 1. The number of hydrogen-bond acceptors (Lipinski definition) is 2. The maximum atomic E-state index is 11.9. The second kappa shape index (κ2) is 4.04. The number of carbonyl (C=O) groups is 1. The molecule has 0 saturated carbocycles. The van der Waals surface area contributed by atoms with Gasteiger partial charge in [-0.2, -0.15) is 0 Å². The van der Waals surface area contributed by atoms with E-state index in [1.165, 1.54) is 5.56 Å². The fourth-order valence-electron chi connectivity index (χ4n) is 1.93. The number of benzene rings is 1. The molecule has 16 heavy (non-hydrogen) atoms. The van der Waals surface area contributed by atoms with E-state index in [1.807, 2.05) is 32.0 Å². The minimum atomic E-state index is -0.0423. The van der Waals surface area contributed by atoms with Crippen LogP contribution in [0.1, 0.15) is 19.4 Å². The van der Waals surface area contributed by atoms with Gasteiger partial charge in [0.25, 0.3) is 0 Å². The SMILES string of the molecule is CC(C)NC(=O)N1CCc2ccc(N)cc21. The Balaban J connectivity index is 2.22. The number of nitrogens with two attached hydrogens (primary N) is 1. The van der Waals surface area contributed by atoms with Crippen molar-refractivity contribution in [3.05, 3.63) is 23.8 Å². The average molecular weight is 219 g/mol. The van der Waals surface area contributed by atoms with E-state index in [4.69, 9.17) is 5.73 Å². The maximum Gasteiger partial charge on any atom is 0.322 e. The van der Waals surface area contributed by atoms with Crippen LogP contribution in [-0.2, 0) is 6.42 Å². The number of nitrogen functional groups attached to an aromatic ring is 1. The molecule has 0 bridgehead atoms. The third-order valence-corrected chi connectivity index (χ3v) is 2.66. The summed E-state index contributed by atoms with van der Waals surface area (Å²) in [6.45, 7) is 4.64. The minimum absolute atomic E-state index is 0.0423. The summed E-state index contributed by atoms with van der Waals surface area (Å²) >= 11 is 0. The summed E-state index contributed by atoms with van der Waals surface area (Å²) < 4.78 is 0. The van der Waals surface area contributed by atoms with Crippen LogP contribution in [0.15, 0.2) is 18.2 Å². The van der Waals surface area contributed by atoms with Crippen molar-refractivity contribution in [2.75, 3.05) is 17.2 Å². The molecule has 1 aromatic carbocycles. The monoisotopic (exact) mass is 219 g/mol. The number of rotatable bonds is 1. The van der Waals surface area contributed by atoms with Crippen LogP contribution in [0.25, 0.3) is 0 Å². The summed E-state index contributed by atoms with van der Waals surface area (Å²) in [4.78, 5) is 13.7. The molecular formula is C12H17N3O. The van der Waals surface area contributed by atoms with Crippen LogP contribution < -0.4 is 16.0 Å². The van der Waals surface area contributed by atoms with Crippen molar-refractivity contribution in [1.29, 1.82) is 0 Å². The molecule has 86 valence electrons. The molecule has 1 heterocycles. The van der Waals surface area contributed by atoms with E-state index < -0.39 is 0 Å². The van der Waals surface area contributed by atoms with E-state index in [0.717, 1.165) is 18.7 Å². The zero-order valence-corrected chi connectivity index (χ0v) is 9.66. The zero-order chi connectivity index (χ0) is 11.7. The Bertz CT molecular complexity index is 415. The molecule has 1 aliphatic heterocycles. The predicted molar refractivity (Wildman–Crippen MR) is 65.6 cm³/mol. The lowest BCUT2D eigenvalue weighted by Gasteiger charge is -2.20. The van der Waals surface area contributed by atoms with Gasteiger partial charge in [0.2, 0.25) is 0 Å². The quantitative estimate of drug-likeness (QED) is 0.707. The Labute approximate surface area is 95.4 Å². The predicted octanol–water partition coefficient (Wildman–Crippen LogP) is 1.75. The number of amides is 2. The van der Waals surface area contributed by atoms with Crippen molar-refractivity contribution in [3.8, 4) is 0 Å². The van der Waals surface area contributed by atoms with E-state index in [0.29, 0.717) is 5.69 Å². The third-order valence-electron chi connectivity index (χ3n) is 2.66. The number of anilines is 2. The number of nitrogens with zero attached hydrogens (tertiary/aromatic N) is 1. The number of nitrogens with one attached hydrogen (secondary N) is 1. The summed E-state index contributed by atoms with van der Waals surface area (Å²) in [7, 11) is 0. The van der Waals surface area contributed by atoms with Gasteiger partial charge < -0.3 is 11.1 Å². The molecule has 0 spiro atoms. The highest BCUT2D eigenvalue weighted by atomic mass is 16.2. The van der Waals surface area contributed by atoms with Gasteiger partial charge in [0.1, 0.15) is 0 Å². The number of hydrogen-bond donors (Lipinski definition) is 2. The van der Waals surface area contributed by atoms with Gasteiger partial charge in [-0.15, -0.1) is 0 Å². The van der Waals surface area contributed by atoms with E-state index >= 15 is 0 Å². The molecule has 0 unspecified atom stereocenters. The molecule has 2 rings (SSSR count). The summed E-state index contributed by atoms with van der Waals surface area (Å²) in [6, 6.07) is 5.84. The van der Waals surface area contributed by atoms with E-state index in [9.17, 15) is 4.79 Å². The molecule has 0 fully saturated rings. The van der Waals surface area contributed by atoms with Crippen molar-refractivity contribution in [1.82, 2.24) is 5.32 Å². The van der Waals surface area contributed by atoms with Gasteiger partial charge in [-0.25, -0.2) is 4.79 Å². The van der Waals surface area contributed by atoms with Crippen LogP contribution in [0.5, 0.6) is 0 Å². The Kier molecular flexibility index (Phi) is 2.73. The molecule has 1 aromatic rings. The summed E-state index contributed by atoms with van der Waals surface area (Å²) in [5, 5.41) is 2.89. The first-order chi connectivity index (χ1) is 7.58. The zero-order valence-electron chi connectivity index (χ0n) is 9.66. The van der Waals surface area contributed by atoms with Gasteiger partial charge in [0.15, 0.2) is 0 Å². The van der Waals surface area contributed by atoms with Crippen LogP contribution in [0, 0.1) is 0 Å². The Hall–Kier alpha value is -1.71. The van der Waals surface area contributed by atoms with E-state index in [1.54, 1.807) is 4.90 Å². The van der Waals surface area contributed by atoms with Crippen molar-refractivity contribution < 1.29 is 4.79 Å². The van der Waals surface area contributed by atoms with Crippen LogP contribution in [-0.4, -0.2) is 18.6 Å². The molecule has 0 radical (unpaired) electrons. The second-order valence-corrected chi connectivity index (χ2v) is 4.39. The Morgan fingerprint density at radius 2 is 2.25 bits per heavy atom. The van der Waals surface area contributed by atoms with Crippen molar-refractivity contribution in [2.24, 2.45) is 0 Å². The highest BCUT2D eigenvalue weighted by Crippen LogP contribution is 2.29. The van der Waals surface area contributed by atoms with Crippen molar-refractivity contribution in [2.45, 2.75) is 26.3 Å². The molecule has 0 saturated heterocycles. The van der Waals surface area contributed by atoms with E-state index in [2.05, 4.69) is 5.32 Å². The highest BCUT2D eigenvalue weighted by molar-refractivity contribution is 5.94. The lowest BCUT2D eigenvalue weighted by molar-refractivity contribution is 0.244. The maximum absolute atomic E-state index is 11.9. The molecule has 0 aromatic heterocycles. The van der Waals surface area contributed by atoms with Crippen LogP contribution in [0.3, 0.4) is 0 Å². The third kappa shape index (κ3) is 1.96. The van der Waals surface area contributed by atoms with Gasteiger partial charge >= 0.3 is 6.03 Å². The van der Waals surface area contributed by atoms with E-state index in [-0.39, 0.29) is 12.1 Å². The number of urea groups is 1. The molecule has 2 amide bonds. The van der Waals surface area contributed by atoms with Gasteiger partial charge in [-0.3, -0.25) is 4.90 Å². The molecular weight excluding hydrogens is 202 g/mol. The molecule has 4 nitrogen and oxygen atoms in total. The van der Waals surface area contributed by atoms with Gasteiger partial charge in [-0.05, 0) is 38.0 Å². The van der Waals surface area contributed by atoms with Gasteiger partial charge in [0.05, 0.1) is 5.69 Å². The normalized spacial score (nSPS) is 14.1. The summed E-state index contributed by atoms with van der Waals surface area (Å²) in [5.41, 5.74) is 8.56. The molecule has 3 N–H and O–H groups in total. The standard InChI is InChI=1S/C12H17N3O/c1-8(2)14-12(16)15-6-5-9-3-4-10(13)7-11(9)15/h3-4,7-8H,5-6,13H2,1-2H3,(H,14,16). The number of fused-ring (bicyclic) bond motifs is 1. The molecule has 1 aliphatic rings. The summed E-state index contributed by atoms with van der Waals surface area (Å²) in [6.07, 6.45) is 0.904. The topological polar surface area (TPSA) is 58.4 Å². The van der Waals surface area contributed by atoms with Gasteiger partial charge in [-0.1, -0.05) is 6.07 Å². The van der Waals surface area contributed by atoms with Crippen molar-refractivity contribution >= 4 is 17.4 Å². The van der Waals surface area contributed by atoms with Crippen LogP contribution >= 0.6 is 0 Å².